The molecule has 0 aliphatic rings. The van der Waals surface area contributed by atoms with Crippen LogP contribution in [0.3, 0.4) is 0 Å². The largest absolute Gasteiger partial charge is 0.222 e. The van der Waals surface area contributed by atoms with E-state index in [4.69, 9.17) is 0 Å². The van der Waals surface area contributed by atoms with Gasteiger partial charge in [0.1, 0.15) is 15.7 Å². The van der Waals surface area contributed by atoms with Gasteiger partial charge in [0.2, 0.25) is 0 Å². The molecule has 5 nitrogen and oxygen atoms in total. The van der Waals surface area contributed by atoms with Gasteiger partial charge in [0.05, 0.1) is 11.4 Å². The molecule has 3 heterocycles. The molecule has 3 aromatic rings. The zero-order valence-corrected chi connectivity index (χ0v) is 12.6. The molecule has 0 aromatic carbocycles. The van der Waals surface area contributed by atoms with Crippen LogP contribution in [-0.2, 0) is 12.7 Å². The van der Waals surface area contributed by atoms with Crippen molar-refractivity contribution in [1.82, 2.24) is 24.5 Å². The first-order valence-electron chi connectivity index (χ1n) is 7.28. The van der Waals surface area contributed by atoms with Gasteiger partial charge in [-0.05, 0) is 37.0 Å². The van der Waals surface area contributed by atoms with Crippen LogP contribution in [0.25, 0.3) is 11.6 Å². The van der Waals surface area contributed by atoms with E-state index in [2.05, 4.69) is 37.8 Å². The van der Waals surface area contributed by atoms with Gasteiger partial charge in [-0.3, -0.25) is 0 Å². The van der Waals surface area contributed by atoms with Gasteiger partial charge in [0, 0.05) is 12.4 Å². The summed E-state index contributed by atoms with van der Waals surface area (Å²) in [5.74, 6) is 1.64. The van der Waals surface area contributed by atoms with Crippen LogP contribution in [0.15, 0.2) is 36.7 Å². The van der Waals surface area contributed by atoms with Crippen molar-refractivity contribution in [2.24, 2.45) is 0 Å². The zero-order chi connectivity index (χ0) is 14.8. The smallest absolute Gasteiger partial charge is 0.155 e. The number of hydrogen-bond donors (Lipinski definition) is 0. The monoisotopic (exact) mass is 277 g/mol. The summed E-state index contributed by atoms with van der Waals surface area (Å²) in [6.07, 6.45) is 5.74. The third kappa shape index (κ3) is 2.77. The molecule has 104 valence electrons. The second-order valence-corrected chi connectivity index (χ2v) is 5.07. The Hall–Kier alpha value is -2.30. The predicted molar refractivity (Wildman–Crippen MR) is 88.3 cm³/mol. The van der Waals surface area contributed by atoms with Crippen molar-refractivity contribution in [3.05, 3.63) is 48.0 Å². The van der Waals surface area contributed by atoms with Crippen molar-refractivity contribution >= 4 is 21.2 Å². The number of aryl methyl sites for hydroxylation is 1. The first-order valence-corrected chi connectivity index (χ1v) is 7.28. The van der Waals surface area contributed by atoms with Crippen LogP contribution in [0.5, 0.6) is 0 Å². The minimum absolute atomic E-state index is 0.818. The number of aromatic nitrogens is 5. The SMILES string of the molecule is BCc1ccn(-c2cc(B)cc(-n3ccc(CC)n3)n2)n1. The molecule has 0 amide bonds. The summed E-state index contributed by atoms with van der Waals surface area (Å²) >= 11 is 0. The lowest BCUT2D eigenvalue weighted by atomic mass is 9.97. The van der Waals surface area contributed by atoms with Crippen LogP contribution in [0.4, 0.5) is 0 Å². The summed E-state index contributed by atoms with van der Waals surface area (Å²) in [6.45, 7) is 2.10. The van der Waals surface area contributed by atoms with Gasteiger partial charge in [-0.2, -0.15) is 10.2 Å². The Labute approximate surface area is 125 Å². The molecule has 0 fully saturated rings. The Morgan fingerprint density at radius 3 is 2.05 bits per heavy atom. The average molecular weight is 277 g/mol. The molecule has 0 saturated carbocycles. The van der Waals surface area contributed by atoms with E-state index in [1.165, 1.54) is 0 Å². The third-order valence-electron chi connectivity index (χ3n) is 3.43. The number of rotatable bonds is 4. The standard InChI is InChI=1S/C14H17B2N5/c1-2-11-3-5-20(18-11)13-7-10(16)8-14(17-13)21-6-4-12(9-15)19-21/h3-8H,2,9,15-16H2,1H3. The van der Waals surface area contributed by atoms with E-state index in [1.54, 1.807) is 0 Å². The van der Waals surface area contributed by atoms with Gasteiger partial charge < -0.3 is 0 Å². The molecule has 0 aliphatic carbocycles. The Morgan fingerprint density at radius 2 is 1.57 bits per heavy atom. The Balaban J connectivity index is 2.03. The minimum atomic E-state index is 0.818. The Kier molecular flexibility index (Phi) is 3.64. The van der Waals surface area contributed by atoms with E-state index in [-0.39, 0.29) is 0 Å². The molecule has 21 heavy (non-hydrogen) atoms. The Bertz CT molecular complexity index is 702. The quantitative estimate of drug-likeness (QED) is 0.599. The molecule has 3 aromatic heterocycles. The molecule has 0 radical (unpaired) electrons. The second-order valence-electron chi connectivity index (χ2n) is 5.07. The topological polar surface area (TPSA) is 48.5 Å². The maximum absolute atomic E-state index is 4.67. The number of nitrogens with zero attached hydrogens (tertiary/aromatic N) is 5. The van der Waals surface area contributed by atoms with Crippen molar-refractivity contribution in [3.63, 3.8) is 0 Å². The first kappa shape index (κ1) is 13.7. The summed E-state index contributed by atoms with van der Waals surface area (Å²) in [5, 5.41) is 9.04. The molecule has 0 aliphatic heterocycles. The second kappa shape index (κ2) is 5.60. The maximum atomic E-state index is 4.67. The van der Waals surface area contributed by atoms with Gasteiger partial charge in [-0.25, -0.2) is 14.3 Å². The molecule has 0 saturated heterocycles. The molecular weight excluding hydrogens is 260 g/mol. The lowest BCUT2D eigenvalue weighted by Crippen LogP contribution is -2.13. The van der Waals surface area contributed by atoms with Crippen molar-refractivity contribution < 1.29 is 0 Å². The zero-order valence-electron chi connectivity index (χ0n) is 12.6. The normalized spacial score (nSPS) is 10.9. The van der Waals surface area contributed by atoms with E-state index >= 15 is 0 Å². The van der Waals surface area contributed by atoms with Gasteiger partial charge >= 0.3 is 0 Å². The number of hydrogen-bond acceptors (Lipinski definition) is 3. The summed E-state index contributed by atoms with van der Waals surface area (Å²) in [4.78, 5) is 4.67. The fourth-order valence-electron chi connectivity index (χ4n) is 2.22. The van der Waals surface area contributed by atoms with Gasteiger partial charge in [-0.15, -0.1) is 0 Å². The van der Waals surface area contributed by atoms with Crippen LogP contribution in [-0.4, -0.2) is 40.2 Å². The van der Waals surface area contributed by atoms with Crippen molar-refractivity contribution in [1.29, 1.82) is 0 Å². The van der Waals surface area contributed by atoms with E-state index in [9.17, 15) is 0 Å². The van der Waals surface area contributed by atoms with Crippen LogP contribution in [0, 0.1) is 0 Å². The molecule has 3 rings (SSSR count). The van der Waals surface area contributed by atoms with Gasteiger partial charge in [0.15, 0.2) is 11.6 Å². The molecule has 0 N–H and O–H groups in total. The van der Waals surface area contributed by atoms with Crippen molar-refractivity contribution in [3.8, 4) is 11.6 Å². The molecular formula is C14H17B2N5. The fraction of sp³-hybridized carbons (Fsp3) is 0.214. The fourth-order valence-corrected chi connectivity index (χ4v) is 2.22. The number of pyridine rings is 1. The Morgan fingerprint density at radius 1 is 1.00 bits per heavy atom. The summed E-state index contributed by atoms with van der Waals surface area (Å²) < 4.78 is 3.64. The van der Waals surface area contributed by atoms with Crippen LogP contribution >= 0.6 is 0 Å². The summed E-state index contributed by atoms with van der Waals surface area (Å²) in [5.41, 5.74) is 3.26. The lowest BCUT2D eigenvalue weighted by molar-refractivity contribution is 0.785. The lowest BCUT2D eigenvalue weighted by Gasteiger charge is -2.07. The summed E-state index contributed by atoms with van der Waals surface area (Å²) in [7, 11) is 4.15. The van der Waals surface area contributed by atoms with E-state index < -0.39 is 0 Å². The maximum Gasteiger partial charge on any atom is 0.155 e. The van der Waals surface area contributed by atoms with E-state index in [0.29, 0.717) is 0 Å². The predicted octanol–water partition coefficient (Wildman–Crippen LogP) is -0.593. The van der Waals surface area contributed by atoms with Crippen LogP contribution in [0.1, 0.15) is 18.3 Å². The van der Waals surface area contributed by atoms with Crippen LogP contribution in [0.2, 0.25) is 0 Å². The minimum Gasteiger partial charge on any atom is -0.222 e. The van der Waals surface area contributed by atoms with Crippen LogP contribution < -0.4 is 5.46 Å². The van der Waals surface area contributed by atoms with Crippen molar-refractivity contribution in [2.75, 3.05) is 0 Å². The molecule has 0 spiro atoms. The highest BCUT2D eigenvalue weighted by Crippen LogP contribution is 2.09. The van der Waals surface area contributed by atoms with Gasteiger partial charge in [0.25, 0.3) is 0 Å². The third-order valence-corrected chi connectivity index (χ3v) is 3.43. The average Bonchev–Trinajstić information content (AvgIpc) is 3.15. The van der Waals surface area contributed by atoms with E-state index in [0.717, 1.165) is 41.2 Å². The van der Waals surface area contributed by atoms with Gasteiger partial charge in [-0.1, -0.05) is 12.4 Å². The highest BCUT2D eigenvalue weighted by molar-refractivity contribution is 6.32. The van der Waals surface area contributed by atoms with Crippen molar-refractivity contribution in [2.45, 2.75) is 19.7 Å². The molecule has 0 bridgehead atoms. The highest BCUT2D eigenvalue weighted by Gasteiger charge is 2.07. The molecule has 0 atom stereocenters. The van der Waals surface area contributed by atoms with E-state index in [1.807, 2.05) is 46.0 Å². The molecule has 0 unspecified atom stereocenters. The highest BCUT2D eigenvalue weighted by atomic mass is 15.3. The summed E-state index contributed by atoms with van der Waals surface area (Å²) in [6, 6.07) is 8.10. The molecule has 7 heteroatoms. The first-order chi connectivity index (χ1) is 10.2.